The van der Waals surface area contributed by atoms with Gasteiger partial charge in [0.2, 0.25) is 5.91 Å². The van der Waals surface area contributed by atoms with E-state index in [1.807, 2.05) is 26.0 Å². The second-order valence-electron chi connectivity index (χ2n) is 6.28. The Morgan fingerprint density at radius 2 is 2.38 bits per heavy atom. The average molecular weight is 348 g/mol. The van der Waals surface area contributed by atoms with Crippen LogP contribution in [0.1, 0.15) is 25.3 Å². The van der Waals surface area contributed by atoms with Crippen LogP contribution in [0.3, 0.4) is 0 Å². The molecule has 0 saturated carbocycles. The molecule has 0 aliphatic carbocycles. The van der Waals surface area contributed by atoms with Crippen LogP contribution in [0.2, 0.25) is 0 Å². The maximum Gasteiger partial charge on any atom is 0.237 e. The van der Waals surface area contributed by atoms with Gasteiger partial charge < -0.3 is 14.6 Å². The molecule has 7 heteroatoms. The van der Waals surface area contributed by atoms with Crippen LogP contribution in [0.5, 0.6) is 0 Å². The van der Waals surface area contributed by atoms with Crippen molar-refractivity contribution in [3.8, 4) is 0 Å². The first kappa shape index (κ1) is 17.0. The predicted molar refractivity (Wildman–Crippen MR) is 95.2 cm³/mol. The molecule has 3 rings (SSSR count). The van der Waals surface area contributed by atoms with E-state index in [1.54, 1.807) is 17.6 Å². The predicted octanol–water partition coefficient (Wildman–Crippen LogP) is 2.26. The number of aromatic nitrogens is 1. The summed E-state index contributed by atoms with van der Waals surface area (Å²) in [6, 6.07) is 3.88. The van der Waals surface area contributed by atoms with Crippen molar-refractivity contribution in [1.29, 1.82) is 0 Å². The molecule has 0 spiro atoms. The summed E-state index contributed by atoms with van der Waals surface area (Å²) in [5.41, 5.74) is 1.07. The van der Waals surface area contributed by atoms with Gasteiger partial charge in [-0.2, -0.15) is 0 Å². The van der Waals surface area contributed by atoms with E-state index in [0.717, 1.165) is 36.2 Å². The number of aryl methyl sites for hydroxylation is 1. The third kappa shape index (κ3) is 3.79. The van der Waals surface area contributed by atoms with Crippen molar-refractivity contribution in [1.82, 2.24) is 15.2 Å². The third-order valence-electron chi connectivity index (χ3n) is 4.46. The van der Waals surface area contributed by atoms with Crippen molar-refractivity contribution in [2.24, 2.45) is 0 Å². The Labute approximate surface area is 146 Å². The van der Waals surface area contributed by atoms with Crippen LogP contribution >= 0.6 is 11.3 Å². The van der Waals surface area contributed by atoms with Crippen LogP contribution in [0.15, 0.2) is 28.2 Å². The number of carbonyl (C=O) groups is 1. The van der Waals surface area contributed by atoms with Gasteiger partial charge in [-0.1, -0.05) is 0 Å². The van der Waals surface area contributed by atoms with Gasteiger partial charge in [-0.3, -0.25) is 9.69 Å². The van der Waals surface area contributed by atoms with Crippen LogP contribution in [0.4, 0.5) is 5.13 Å². The number of amides is 1. The summed E-state index contributed by atoms with van der Waals surface area (Å²) in [5, 5.41) is 6.11. The number of anilines is 1. The Hall–Kier alpha value is -1.86. The van der Waals surface area contributed by atoms with E-state index in [-0.39, 0.29) is 11.9 Å². The number of hydrogen-bond acceptors (Lipinski definition) is 6. The molecular weight excluding hydrogens is 324 g/mol. The molecule has 1 amide bonds. The summed E-state index contributed by atoms with van der Waals surface area (Å²) in [6.45, 7) is 9.22. The molecule has 2 aromatic rings. The maximum absolute atomic E-state index is 12.4. The van der Waals surface area contributed by atoms with Gasteiger partial charge in [-0.25, -0.2) is 4.98 Å². The summed E-state index contributed by atoms with van der Waals surface area (Å²) in [5.74, 6) is 0.810. The molecule has 1 aliphatic heterocycles. The van der Waals surface area contributed by atoms with Gasteiger partial charge in [-0.15, -0.1) is 11.3 Å². The highest BCUT2D eigenvalue weighted by Crippen LogP contribution is 2.25. The summed E-state index contributed by atoms with van der Waals surface area (Å²) in [7, 11) is 0. The Morgan fingerprint density at radius 3 is 3.00 bits per heavy atom. The van der Waals surface area contributed by atoms with Gasteiger partial charge in [-0.05, 0) is 32.9 Å². The molecule has 130 valence electrons. The first-order valence-corrected chi connectivity index (χ1v) is 9.15. The molecule has 0 aromatic carbocycles. The smallest absolute Gasteiger partial charge is 0.237 e. The normalized spacial score (nSPS) is 20.1. The zero-order valence-corrected chi connectivity index (χ0v) is 15.2. The highest BCUT2D eigenvalue weighted by Gasteiger charge is 2.30. The minimum atomic E-state index is -0.150. The van der Waals surface area contributed by atoms with Gasteiger partial charge in [0.1, 0.15) is 5.76 Å². The van der Waals surface area contributed by atoms with E-state index in [2.05, 4.69) is 32.4 Å². The van der Waals surface area contributed by atoms with Crippen molar-refractivity contribution in [3.63, 3.8) is 0 Å². The van der Waals surface area contributed by atoms with Crippen LogP contribution < -0.4 is 10.2 Å². The lowest BCUT2D eigenvalue weighted by Gasteiger charge is -2.41. The van der Waals surface area contributed by atoms with E-state index >= 15 is 0 Å². The fourth-order valence-electron chi connectivity index (χ4n) is 3.00. The Bertz CT molecular complexity index is 670. The average Bonchev–Trinajstić information content (AvgIpc) is 3.23. The number of piperazine rings is 1. The van der Waals surface area contributed by atoms with Gasteiger partial charge >= 0.3 is 0 Å². The zero-order chi connectivity index (χ0) is 17.1. The molecular formula is C17H24N4O2S. The quantitative estimate of drug-likeness (QED) is 0.898. The summed E-state index contributed by atoms with van der Waals surface area (Å²) < 4.78 is 5.25. The van der Waals surface area contributed by atoms with Gasteiger partial charge in [0, 0.05) is 31.1 Å². The highest BCUT2D eigenvalue weighted by atomic mass is 32.1. The number of nitrogens with zero attached hydrogens (tertiary/aromatic N) is 3. The third-order valence-corrected chi connectivity index (χ3v) is 5.45. The molecule has 0 unspecified atom stereocenters. The minimum absolute atomic E-state index is 0.0390. The van der Waals surface area contributed by atoms with Crippen LogP contribution in [-0.2, 0) is 11.3 Å². The van der Waals surface area contributed by atoms with E-state index in [4.69, 9.17) is 4.42 Å². The first-order valence-electron chi connectivity index (χ1n) is 8.27. The molecule has 0 radical (unpaired) electrons. The second-order valence-corrected chi connectivity index (χ2v) is 7.12. The number of nitrogens with one attached hydrogen (secondary N) is 1. The molecule has 2 atom stereocenters. The molecule has 1 aliphatic rings. The fourth-order valence-corrected chi connectivity index (χ4v) is 3.93. The van der Waals surface area contributed by atoms with Crippen LogP contribution in [0.25, 0.3) is 0 Å². The lowest BCUT2D eigenvalue weighted by atomic mass is 10.1. The SMILES string of the molecule is Cc1csc(N2CCN([C@H](C)C(=O)NCc3ccco3)C[C@@H]2C)n1. The van der Waals surface area contributed by atoms with Crippen molar-refractivity contribution >= 4 is 22.4 Å². The lowest BCUT2D eigenvalue weighted by molar-refractivity contribution is -0.126. The highest BCUT2D eigenvalue weighted by molar-refractivity contribution is 7.13. The van der Waals surface area contributed by atoms with Crippen molar-refractivity contribution in [2.45, 2.75) is 39.4 Å². The lowest BCUT2D eigenvalue weighted by Crippen LogP contribution is -2.57. The molecule has 1 N–H and O–H groups in total. The topological polar surface area (TPSA) is 61.6 Å². The molecule has 0 bridgehead atoms. The minimum Gasteiger partial charge on any atom is -0.467 e. The number of furan rings is 1. The second kappa shape index (κ2) is 7.36. The van der Waals surface area contributed by atoms with Crippen LogP contribution in [-0.4, -0.2) is 47.5 Å². The number of carbonyl (C=O) groups excluding carboxylic acids is 1. The Morgan fingerprint density at radius 1 is 1.54 bits per heavy atom. The number of rotatable bonds is 5. The standard InChI is InChI=1S/C17H24N4O2S/c1-12-11-24-17(19-12)21-7-6-20(10-13(21)2)14(3)16(22)18-9-15-5-4-8-23-15/h4-5,8,11,13-14H,6-7,9-10H2,1-3H3,(H,18,22)/t13-,14+/m0/s1. The van der Waals surface area contributed by atoms with Gasteiger partial charge in [0.15, 0.2) is 5.13 Å². The summed E-state index contributed by atoms with van der Waals surface area (Å²) >= 11 is 1.69. The molecule has 2 aromatic heterocycles. The fraction of sp³-hybridized carbons (Fsp3) is 0.529. The van der Waals surface area contributed by atoms with Crippen molar-refractivity contribution in [2.75, 3.05) is 24.5 Å². The van der Waals surface area contributed by atoms with Crippen LogP contribution in [0, 0.1) is 6.92 Å². The Balaban J connectivity index is 1.53. The molecule has 6 nitrogen and oxygen atoms in total. The van der Waals surface area contributed by atoms with Crippen molar-refractivity contribution < 1.29 is 9.21 Å². The Kier molecular flexibility index (Phi) is 5.20. The van der Waals surface area contributed by atoms with E-state index in [1.165, 1.54) is 0 Å². The van der Waals surface area contributed by atoms with Gasteiger partial charge in [0.05, 0.1) is 24.5 Å². The zero-order valence-electron chi connectivity index (χ0n) is 14.4. The molecule has 3 heterocycles. The first-order chi connectivity index (χ1) is 11.5. The van der Waals surface area contributed by atoms with Crippen molar-refractivity contribution in [3.05, 3.63) is 35.2 Å². The molecule has 1 saturated heterocycles. The molecule has 1 fully saturated rings. The maximum atomic E-state index is 12.4. The number of thiazole rings is 1. The monoisotopic (exact) mass is 348 g/mol. The van der Waals surface area contributed by atoms with E-state index < -0.39 is 0 Å². The molecule has 24 heavy (non-hydrogen) atoms. The van der Waals surface area contributed by atoms with E-state index in [9.17, 15) is 4.79 Å². The van der Waals surface area contributed by atoms with Gasteiger partial charge in [0.25, 0.3) is 0 Å². The summed E-state index contributed by atoms with van der Waals surface area (Å²) in [4.78, 5) is 21.5. The van der Waals surface area contributed by atoms with E-state index in [0.29, 0.717) is 12.6 Å². The largest absolute Gasteiger partial charge is 0.467 e. The summed E-state index contributed by atoms with van der Waals surface area (Å²) in [6.07, 6.45) is 1.62. The number of hydrogen-bond donors (Lipinski definition) is 1.